The molecule has 0 aliphatic heterocycles. The number of hydrogen-bond donors (Lipinski definition) is 1. The largest absolute Gasteiger partial charge is 0.497 e. The van der Waals surface area contributed by atoms with Crippen LogP contribution in [-0.2, 0) is 16.1 Å². The average Bonchev–Trinajstić information content (AvgIpc) is 2.41. The zero-order valence-corrected chi connectivity index (χ0v) is 11.0. The summed E-state index contributed by atoms with van der Waals surface area (Å²) < 4.78 is 16.6. The standard InChI is InChI=1S/C14H21NO3/c1-3-17-14-12(15)8-13(14)18-9-10-5-4-6-11(7-10)16-2/h4-7,12-14H,3,8-9,15H2,1-2H3. The number of methoxy groups -OCH3 is 1. The van der Waals surface area contributed by atoms with E-state index in [0.29, 0.717) is 13.2 Å². The molecule has 3 atom stereocenters. The molecule has 1 aromatic rings. The number of ether oxygens (including phenoxy) is 3. The van der Waals surface area contributed by atoms with Crippen molar-refractivity contribution in [1.29, 1.82) is 0 Å². The molecule has 1 aliphatic rings. The fourth-order valence-corrected chi connectivity index (χ4v) is 2.17. The van der Waals surface area contributed by atoms with E-state index in [1.807, 2.05) is 31.2 Å². The van der Waals surface area contributed by atoms with E-state index >= 15 is 0 Å². The number of benzene rings is 1. The molecule has 2 N–H and O–H groups in total. The summed E-state index contributed by atoms with van der Waals surface area (Å²) in [5, 5.41) is 0. The van der Waals surface area contributed by atoms with Gasteiger partial charge in [0.1, 0.15) is 5.75 Å². The van der Waals surface area contributed by atoms with E-state index in [0.717, 1.165) is 17.7 Å². The average molecular weight is 251 g/mol. The Morgan fingerprint density at radius 3 is 2.83 bits per heavy atom. The van der Waals surface area contributed by atoms with Gasteiger partial charge in [-0.1, -0.05) is 12.1 Å². The summed E-state index contributed by atoms with van der Waals surface area (Å²) in [5.41, 5.74) is 6.99. The molecular formula is C14H21NO3. The lowest BCUT2D eigenvalue weighted by Crippen LogP contribution is -2.58. The summed E-state index contributed by atoms with van der Waals surface area (Å²) in [6.45, 7) is 3.22. The monoisotopic (exact) mass is 251 g/mol. The van der Waals surface area contributed by atoms with Crippen molar-refractivity contribution in [3.05, 3.63) is 29.8 Å². The predicted octanol–water partition coefficient (Wildman–Crippen LogP) is 1.72. The van der Waals surface area contributed by atoms with Crippen LogP contribution >= 0.6 is 0 Å². The highest BCUT2D eigenvalue weighted by atomic mass is 16.5. The molecule has 0 saturated heterocycles. The third kappa shape index (κ3) is 3.02. The van der Waals surface area contributed by atoms with Crippen LogP contribution in [0.4, 0.5) is 0 Å². The zero-order valence-electron chi connectivity index (χ0n) is 11.0. The molecule has 1 saturated carbocycles. The molecule has 1 fully saturated rings. The van der Waals surface area contributed by atoms with Crippen molar-refractivity contribution in [3.63, 3.8) is 0 Å². The van der Waals surface area contributed by atoms with Crippen LogP contribution in [0.5, 0.6) is 5.75 Å². The van der Waals surface area contributed by atoms with Crippen molar-refractivity contribution in [3.8, 4) is 5.75 Å². The molecule has 4 nitrogen and oxygen atoms in total. The minimum atomic E-state index is 0.0422. The topological polar surface area (TPSA) is 53.7 Å². The van der Waals surface area contributed by atoms with Crippen LogP contribution in [0, 0.1) is 0 Å². The van der Waals surface area contributed by atoms with Gasteiger partial charge >= 0.3 is 0 Å². The van der Waals surface area contributed by atoms with Crippen molar-refractivity contribution in [2.75, 3.05) is 13.7 Å². The lowest BCUT2D eigenvalue weighted by Gasteiger charge is -2.41. The number of hydrogen-bond acceptors (Lipinski definition) is 4. The third-order valence-electron chi connectivity index (χ3n) is 3.25. The highest BCUT2D eigenvalue weighted by Gasteiger charge is 2.40. The highest BCUT2D eigenvalue weighted by Crippen LogP contribution is 2.27. The Labute approximate surface area is 108 Å². The molecule has 0 amide bonds. The smallest absolute Gasteiger partial charge is 0.119 e. The fourth-order valence-electron chi connectivity index (χ4n) is 2.17. The number of nitrogens with two attached hydrogens (primary N) is 1. The maximum absolute atomic E-state index is 5.89. The van der Waals surface area contributed by atoms with E-state index in [1.165, 1.54) is 0 Å². The van der Waals surface area contributed by atoms with Gasteiger partial charge in [0.25, 0.3) is 0 Å². The quantitative estimate of drug-likeness (QED) is 0.836. The van der Waals surface area contributed by atoms with Crippen LogP contribution in [0.3, 0.4) is 0 Å². The molecule has 0 aromatic heterocycles. The normalized spacial score (nSPS) is 26.7. The molecule has 0 radical (unpaired) electrons. The molecule has 0 spiro atoms. The van der Waals surface area contributed by atoms with Gasteiger partial charge in [0.15, 0.2) is 0 Å². The zero-order chi connectivity index (χ0) is 13.0. The van der Waals surface area contributed by atoms with Gasteiger partial charge in [0.05, 0.1) is 25.9 Å². The molecule has 0 bridgehead atoms. The van der Waals surface area contributed by atoms with Gasteiger partial charge in [-0.05, 0) is 31.0 Å². The van der Waals surface area contributed by atoms with Gasteiger partial charge in [-0.25, -0.2) is 0 Å². The van der Waals surface area contributed by atoms with E-state index in [4.69, 9.17) is 19.9 Å². The van der Waals surface area contributed by atoms with Crippen LogP contribution in [0.1, 0.15) is 18.9 Å². The van der Waals surface area contributed by atoms with E-state index in [-0.39, 0.29) is 18.2 Å². The first kappa shape index (κ1) is 13.3. The first-order chi connectivity index (χ1) is 8.74. The summed E-state index contributed by atoms with van der Waals surface area (Å²) in [6.07, 6.45) is 1.03. The third-order valence-corrected chi connectivity index (χ3v) is 3.25. The molecular weight excluding hydrogens is 230 g/mol. The molecule has 3 unspecified atom stereocenters. The van der Waals surface area contributed by atoms with Gasteiger partial charge in [-0.15, -0.1) is 0 Å². The second kappa shape index (κ2) is 6.18. The van der Waals surface area contributed by atoms with Crippen LogP contribution < -0.4 is 10.5 Å². The Morgan fingerprint density at radius 1 is 1.33 bits per heavy atom. The Hall–Kier alpha value is -1.10. The van der Waals surface area contributed by atoms with Crippen LogP contribution in [-0.4, -0.2) is 32.0 Å². The molecule has 1 aromatic carbocycles. The molecule has 4 heteroatoms. The summed E-state index contributed by atoms with van der Waals surface area (Å²) in [4.78, 5) is 0. The molecule has 100 valence electrons. The van der Waals surface area contributed by atoms with Crippen LogP contribution in [0.2, 0.25) is 0 Å². The maximum Gasteiger partial charge on any atom is 0.119 e. The highest BCUT2D eigenvalue weighted by molar-refractivity contribution is 5.27. The molecule has 1 aliphatic carbocycles. The second-order valence-corrected chi connectivity index (χ2v) is 4.52. The van der Waals surface area contributed by atoms with Gasteiger partial charge < -0.3 is 19.9 Å². The van der Waals surface area contributed by atoms with Gasteiger partial charge in [-0.2, -0.15) is 0 Å². The number of rotatable bonds is 6. The van der Waals surface area contributed by atoms with E-state index < -0.39 is 0 Å². The predicted molar refractivity (Wildman–Crippen MR) is 69.6 cm³/mol. The summed E-state index contributed by atoms with van der Waals surface area (Å²) in [7, 11) is 1.66. The van der Waals surface area contributed by atoms with Crippen molar-refractivity contribution >= 4 is 0 Å². The Kier molecular flexibility index (Phi) is 4.58. The summed E-state index contributed by atoms with van der Waals surface area (Å²) in [5.74, 6) is 0.850. The SMILES string of the molecule is CCOC1C(N)CC1OCc1cccc(OC)c1. The van der Waals surface area contributed by atoms with Gasteiger partial charge in [0, 0.05) is 12.6 Å². The molecule has 18 heavy (non-hydrogen) atoms. The Bertz CT molecular complexity index is 383. The van der Waals surface area contributed by atoms with Crippen molar-refractivity contribution < 1.29 is 14.2 Å². The van der Waals surface area contributed by atoms with Crippen molar-refractivity contribution in [1.82, 2.24) is 0 Å². The van der Waals surface area contributed by atoms with Crippen LogP contribution in [0.25, 0.3) is 0 Å². The lowest BCUT2D eigenvalue weighted by molar-refractivity contribution is -0.142. The van der Waals surface area contributed by atoms with E-state index in [2.05, 4.69) is 0 Å². The van der Waals surface area contributed by atoms with Crippen LogP contribution in [0.15, 0.2) is 24.3 Å². The summed E-state index contributed by atoms with van der Waals surface area (Å²) >= 11 is 0. The molecule has 2 rings (SSSR count). The Balaban J connectivity index is 1.84. The first-order valence-corrected chi connectivity index (χ1v) is 6.36. The summed E-state index contributed by atoms with van der Waals surface area (Å²) in [6, 6.07) is 8.00. The minimum Gasteiger partial charge on any atom is -0.497 e. The second-order valence-electron chi connectivity index (χ2n) is 4.52. The Morgan fingerprint density at radius 2 is 2.17 bits per heavy atom. The maximum atomic E-state index is 5.89. The van der Waals surface area contributed by atoms with E-state index in [9.17, 15) is 0 Å². The van der Waals surface area contributed by atoms with Crippen molar-refractivity contribution in [2.24, 2.45) is 5.73 Å². The lowest BCUT2D eigenvalue weighted by atomic mass is 9.86. The fraction of sp³-hybridized carbons (Fsp3) is 0.571. The van der Waals surface area contributed by atoms with Gasteiger partial charge in [0.2, 0.25) is 0 Å². The van der Waals surface area contributed by atoms with E-state index in [1.54, 1.807) is 7.11 Å². The minimum absolute atomic E-state index is 0.0422. The first-order valence-electron chi connectivity index (χ1n) is 6.36. The van der Waals surface area contributed by atoms with Crippen molar-refractivity contribution in [2.45, 2.75) is 38.2 Å². The van der Waals surface area contributed by atoms with Gasteiger partial charge in [-0.3, -0.25) is 0 Å². The molecule has 0 heterocycles.